The van der Waals surface area contributed by atoms with E-state index in [2.05, 4.69) is 16.9 Å². The van der Waals surface area contributed by atoms with Gasteiger partial charge >= 0.3 is 6.03 Å². The van der Waals surface area contributed by atoms with Crippen LogP contribution in [0.2, 0.25) is 5.02 Å². The zero-order valence-electron chi connectivity index (χ0n) is 11.5. The van der Waals surface area contributed by atoms with Gasteiger partial charge in [0.1, 0.15) is 0 Å². The molecule has 2 rings (SSSR count). The van der Waals surface area contributed by atoms with Gasteiger partial charge in [-0.3, -0.25) is 4.79 Å². The molecule has 20 heavy (non-hydrogen) atoms. The van der Waals surface area contributed by atoms with Crippen LogP contribution < -0.4 is 10.6 Å². The maximum atomic E-state index is 11.8. The summed E-state index contributed by atoms with van der Waals surface area (Å²) in [7, 11) is 0. The molecule has 0 aliphatic heterocycles. The lowest BCUT2D eigenvalue weighted by molar-refractivity contribution is 0.101. The summed E-state index contributed by atoms with van der Waals surface area (Å²) in [5.41, 5.74) is 1.03. The first-order chi connectivity index (χ1) is 9.46. The Hall–Kier alpha value is -1.20. The van der Waals surface area contributed by atoms with Gasteiger partial charge in [-0.2, -0.15) is 11.8 Å². The average molecular weight is 313 g/mol. The number of halogens is 1. The van der Waals surface area contributed by atoms with Gasteiger partial charge in [0, 0.05) is 22.5 Å². The standard InChI is InChI=1S/C14H17ClN2O2S/c1-9(18)11-4-3-10(7-12(11)15)17-13(19)16-8-14(20-2)5-6-14/h3-4,7H,5-6,8H2,1-2H3,(H2,16,17,19). The molecule has 2 amide bonds. The van der Waals surface area contributed by atoms with E-state index in [9.17, 15) is 9.59 Å². The van der Waals surface area contributed by atoms with Gasteiger partial charge in [0.05, 0.1) is 5.02 Å². The SMILES string of the molecule is CSC1(CNC(=O)Nc2ccc(C(C)=O)c(Cl)c2)CC1. The average Bonchev–Trinajstić information content (AvgIpc) is 3.17. The van der Waals surface area contributed by atoms with Crippen LogP contribution in [0.5, 0.6) is 0 Å². The van der Waals surface area contributed by atoms with E-state index < -0.39 is 0 Å². The Balaban J connectivity index is 1.91. The maximum Gasteiger partial charge on any atom is 0.319 e. The van der Waals surface area contributed by atoms with Crippen molar-refractivity contribution >= 4 is 40.9 Å². The van der Waals surface area contributed by atoms with Crippen molar-refractivity contribution in [1.82, 2.24) is 5.32 Å². The number of carbonyl (C=O) groups is 2. The second kappa shape index (κ2) is 6.06. The quantitative estimate of drug-likeness (QED) is 0.817. The molecule has 0 heterocycles. The van der Waals surface area contributed by atoms with E-state index in [1.54, 1.807) is 30.0 Å². The summed E-state index contributed by atoms with van der Waals surface area (Å²) in [5, 5.41) is 5.92. The van der Waals surface area contributed by atoms with Gasteiger partial charge in [0.25, 0.3) is 0 Å². The Morgan fingerprint density at radius 1 is 1.40 bits per heavy atom. The topological polar surface area (TPSA) is 58.2 Å². The molecular formula is C14H17ClN2O2S. The number of urea groups is 1. The van der Waals surface area contributed by atoms with E-state index >= 15 is 0 Å². The van der Waals surface area contributed by atoms with Crippen molar-refractivity contribution in [2.24, 2.45) is 0 Å². The largest absolute Gasteiger partial charge is 0.336 e. The molecule has 0 saturated heterocycles. The van der Waals surface area contributed by atoms with E-state index in [4.69, 9.17) is 11.6 Å². The maximum absolute atomic E-state index is 11.8. The van der Waals surface area contributed by atoms with Crippen LogP contribution in [-0.2, 0) is 0 Å². The summed E-state index contributed by atoms with van der Waals surface area (Å²) in [6.07, 6.45) is 4.36. The van der Waals surface area contributed by atoms with Gasteiger partial charge in [-0.1, -0.05) is 11.6 Å². The molecule has 0 aromatic heterocycles. The first kappa shape index (κ1) is 15.2. The smallest absolute Gasteiger partial charge is 0.319 e. The van der Waals surface area contributed by atoms with Crippen LogP contribution in [0.25, 0.3) is 0 Å². The highest BCUT2D eigenvalue weighted by Gasteiger charge is 2.41. The predicted octanol–water partition coefficient (Wildman–Crippen LogP) is 3.56. The number of anilines is 1. The van der Waals surface area contributed by atoms with Crippen LogP contribution in [-0.4, -0.2) is 29.4 Å². The summed E-state index contributed by atoms with van der Waals surface area (Å²) in [4.78, 5) is 23.1. The van der Waals surface area contributed by atoms with Crippen LogP contribution in [0.15, 0.2) is 18.2 Å². The molecule has 0 bridgehead atoms. The first-order valence-corrected chi connectivity index (χ1v) is 7.96. The van der Waals surface area contributed by atoms with E-state index in [-0.39, 0.29) is 16.6 Å². The lowest BCUT2D eigenvalue weighted by Gasteiger charge is -2.14. The highest BCUT2D eigenvalue weighted by molar-refractivity contribution is 8.00. The molecule has 1 aromatic carbocycles. The molecule has 1 aliphatic carbocycles. The lowest BCUT2D eigenvalue weighted by Crippen LogP contribution is -2.35. The number of thioether (sulfide) groups is 1. The Morgan fingerprint density at radius 3 is 2.60 bits per heavy atom. The number of ketones is 1. The molecule has 1 saturated carbocycles. The van der Waals surface area contributed by atoms with Crippen LogP contribution >= 0.6 is 23.4 Å². The van der Waals surface area contributed by atoms with E-state index in [0.717, 1.165) is 12.8 Å². The highest BCUT2D eigenvalue weighted by Crippen LogP contribution is 2.46. The zero-order chi connectivity index (χ0) is 14.8. The van der Waals surface area contributed by atoms with E-state index in [1.165, 1.54) is 6.92 Å². The van der Waals surface area contributed by atoms with Gasteiger partial charge in [-0.15, -0.1) is 0 Å². The number of nitrogens with one attached hydrogen (secondary N) is 2. The third-order valence-corrected chi connectivity index (χ3v) is 5.15. The molecule has 1 aliphatic rings. The second-order valence-corrected chi connectivity index (χ2v) is 6.63. The minimum atomic E-state index is -0.253. The molecule has 1 fully saturated rings. The number of benzene rings is 1. The summed E-state index contributed by atoms with van der Waals surface area (Å²) in [6.45, 7) is 2.12. The number of rotatable bonds is 5. The Kier molecular flexibility index (Phi) is 4.60. The third kappa shape index (κ3) is 3.67. The molecule has 6 heteroatoms. The van der Waals surface area contributed by atoms with Crippen molar-refractivity contribution in [3.8, 4) is 0 Å². The van der Waals surface area contributed by atoms with E-state index in [1.807, 2.05) is 0 Å². The van der Waals surface area contributed by atoms with Gasteiger partial charge in [-0.05, 0) is 44.2 Å². The van der Waals surface area contributed by atoms with Crippen molar-refractivity contribution in [3.63, 3.8) is 0 Å². The summed E-state index contributed by atoms with van der Waals surface area (Å²) in [6, 6.07) is 4.62. The molecule has 0 spiro atoms. The van der Waals surface area contributed by atoms with Crippen molar-refractivity contribution in [1.29, 1.82) is 0 Å². The summed E-state index contributed by atoms with van der Waals surface area (Å²) in [5.74, 6) is -0.0957. The van der Waals surface area contributed by atoms with Gasteiger partial charge in [-0.25, -0.2) is 4.79 Å². The van der Waals surface area contributed by atoms with Gasteiger partial charge in [0.15, 0.2) is 5.78 Å². The fourth-order valence-corrected chi connectivity index (χ4v) is 2.93. The van der Waals surface area contributed by atoms with Crippen LogP contribution in [0, 0.1) is 0 Å². The molecule has 0 atom stereocenters. The fourth-order valence-electron chi connectivity index (χ4n) is 1.89. The van der Waals surface area contributed by atoms with E-state index in [0.29, 0.717) is 22.8 Å². The number of Topliss-reactive ketones (excluding diaryl/α,β-unsaturated/α-hetero) is 1. The minimum Gasteiger partial charge on any atom is -0.336 e. The van der Waals surface area contributed by atoms with Gasteiger partial charge < -0.3 is 10.6 Å². The number of hydrogen-bond acceptors (Lipinski definition) is 3. The molecule has 1 aromatic rings. The van der Waals surface area contributed by atoms with Crippen LogP contribution in [0.3, 0.4) is 0 Å². The number of amides is 2. The van der Waals surface area contributed by atoms with Crippen molar-refractivity contribution in [2.75, 3.05) is 18.1 Å². The second-order valence-electron chi connectivity index (χ2n) is 4.95. The van der Waals surface area contributed by atoms with Crippen LogP contribution in [0.4, 0.5) is 10.5 Å². The van der Waals surface area contributed by atoms with Crippen molar-refractivity contribution in [2.45, 2.75) is 24.5 Å². The number of hydrogen-bond donors (Lipinski definition) is 2. The Morgan fingerprint density at radius 2 is 2.10 bits per heavy atom. The zero-order valence-corrected chi connectivity index (χ0v) is 13.0. The van der Waals surface area contributed by atoms with Crippen LogP contribution in [0.1, 0.15) is 30.1 Å². The van der Waals surface area contributed by atoms with Gasteiger partial charge in [0.2, 0.25) is 0 Å². The molecule has 108 valence electrons. The lowest BCUT2D eigenvalue weighted by atomic mass is 10.1. The molecule has 0 radical (unpaired) electrons. The molecule has 0 unspecified atom stereocenters. The minimum absolute atomic E-state index is 0.0957. The summed E-state index contributed by atoms with van der Waals surface area (Å²) >= 11 is 7.79. The highest BCUT2D eigenvalue weighted by atomic mass is 35.5. The Bertz CT molecular complexity index is 544. The fraction of sp³-hybridized carbons (Fsp3) is 0.429. The molecule has 4 nitrogen and oxygen atoms in total. The normalized spacial score (nSPS) is 15.6. The molecule has 2 N–H and O–H groups in total. The summed E-state index contributed by atoms with van der Waals surface area (Å²) < 4.78 is 0.230. The molecular weight excluding hydrogens is 296 g/mol. The number of carbonyl (C=O) groups excluding carboxylic acids is 2. The van der Waals surface area contributed by atoms with Crippen molar-refractivity contribution in [3.05, 3.63) is 28.8 Å². The monoisotopic (exact) mass is 312 g/mol. The first-order valence-electron chi connectivity index (χ1n) is 6.36. The van der Waals surface area contributed by atoms with Crippen molar-refractivity contribution < 1.29 is 9.59 Å². The Labute approximate surface area is 127 Å². The predicted molar refractivity (Wildman–Crippen MR) is 84.0 cm³/mol. The third-order valence-electron chi connectivity index (χ3n) is 3.42.